The van der Waals surface area contributed by atoms with Crippen molar-refractivity contribution < 1.29 is 17.6 Å². The van der Waals surface area contributed by atoms with Crippen molar-refractivity contribution in [3.05, 3.63) is 30.1 Å². The van der Waals surface area contributed by atoms with E-state index in [4.69, 9.17) is 5.73 Å². The van der Waals surface area contributed by atoms with Gasteiger partial charge in [0.1, 0.15) is 5.82 Å². The molecule has 0 aliphatic rings. The minimum atomic E-state index is -3.73. The van der Waals surface area contributed by atoms with E-state index in [0.717, 1.165) is 24.3 Å². The fourth-order valence-electron chi connectivity index (χ4n) is 1.40. The van der Waals surface area contributed by atoms with Crippen LogP contribution < -0.4 is 15.8 Å². The highest BCUT2D eigenvalue weighted by atomic mass is 35.5. The first-order valence-electron chi connectivity index (χ1n) is 6.10. The molecule has 0 heterocycles. The summed E-state index contributed by atoms with van der Waals surface area (Å²) in [5.41, 5.74) is 5.35. The normalized spacial score (nSPS) is 12.3. The van der Waals surface area contributed by atoms with Gasteiger partial charge in [-0.3, -0.25) is 4.79 Å². The molecule has 1 aromatic rings. The second-order valence-electron chi connectivity index (χ2n) is 4.31. The molecule has 1 rings (SSSR count). The Morgan fingerprint density at radius 1 is 1.33 bits per heavy atom. The molecular weight excluding hydrogens is 321 g/mol. The van der Waals surface area contributed by atoms with Crippen LogP contribution in [0.3, 0.4) is 0 Å². The fraction of sp³-hybridized carbons (Fsp3) is 0.417. The number of nitrogens with two attached hydrogens (primary N) is 1. The van der Waals surface area contributed by atoms with Crippen molar-refractivity contribution in [1.82, 2.24) is 10.0 Å². The lowest BCUT2D eigenvalue weighted by molar-refractivity contribution is -0.121. The van der Waals surface area contributed by atoms with E-state index in [2.05, 4.69) is 10.0 Å². The van der Waals surface area contributed by atoms with E-state index < -0.39 is 15.8 Å². The van der Waals surface area contributed by atoms with Crippen LogP contribution in [0, 0.1) is 5.82 Å². The maximum absolute atomic E-state index is 12.7. The molecule has 0 fully saturated rings. The summed E-state index contributed by atoms with van der Waals surface area (Å²) in [6.07, 6.45) is 0.00473. The summed E-state index contributed by atoms with van der Waals surface area (Å²) in [4.78, 5) is 11.4. The van der Waals surface area contributed by atoms with Crippen LogP contribution in [0.1, 0.15) is 13.3 Å². The quantitative estimate of drug-likeness (QED) is 0.668. The number of carbonyl (C=O) groups excluding carboxylic acids is 1. The number of nitrogens with one attached hydrogen (secondary N) is 2. The Labute approximate surface area is 129 Å². The van der Waals surface area contributed by atoms with Crippen molar-refractivity contribution in [2.75, 3.05) is 13.1 Å². The SMILES string of the molecule is C[C@@H](CN)NC(=O)CCNS(=O)(=O)c1ccc(F)cc1.Cl. The Morgan fingerprint density at radius 3 is 2.43 bits per heavy atom. The van der Waals surface area contributed by atoms with Crippen LogP contribution in [-0.4, -0.2) is 33.5 Å². The van der Waals surface area contributed by atoms with Gasteiger partial charge in [-0.1, -0.05) is 0 Å². The molecule has 0 aliphatic heterocycles. The largest absolute Gasteiger partial charge is 0.352 e. The molecule has 1 amide bonds. The average molecular weight is 340 g/mol. The van der Waals surface area contributed by atoms with Crippen molar-refractivity contribution >= 4 is 28.3 Å². The van der Waals surface area contributed by atoms with Crippen LogP contribution in [0.15, 0.2) is 29.2 Å². The molecule has 4 N–H and O–H groups in total. The van der Waals surface area contributed by atoms with Gasteiger partial charge in [0.05, 0.1) is 4.90 Å². The van der Waals surface area contributed by atoms with Crippen molar-refractivity contribution in [3.8, 4) is 0 Å². The fourth-order valence-corrected chi connectivity index (χ4v) is 2.43. The Kier molecular flexibility index (Phi) is 8.41. The van der Waals surface area contributed by atoms with E-state index in [0.29, 0.717) is 6.54 Å². The zero-order valence-electron chi connectivity index (χ0n) is 11.5. The van der Waals surface area contributed by atoms with Crippen LogP contribution in [0.5, 0.6) is 0 Å². The Balaban J connectivity index is 0.00000400. The van der Waals surface area contributed by atoms with E-state index >= 15 is 0 Å². The molecule has 0 unspecified atom stereocenters. The van der Waals surface area contributed by atoms with Gasteiger partial charge in [0.15, 0.2) is 0 Å². The van der Waals surface area contributed by atoms with Crippen molar-refractivity contribution in [1.29, 1.82) is 0 Å². The first-order chi connectivity index (χ1) is 9.35. The lowest BCUT2D eigenvalue weighted by Crippen LogP contribution is -2.39. The highest BCUT2D eigenvalue weighted by molar-refractivity contribution is 7.89. The highest BCUT2D eigenvalue weighted by Crippen LogP contribution is 2.09. The Bertz CT molecular complexity index is 551. The third kappa shape index (κ3) is 6.85. The van der Waals surface area contributed by atoms with Gasteiger partial charge in [0.2, 0.25) is 15.9 Å². The topological polar surface area (TPSA) is 101 Å². The molecule has 120 valence electrons. The van der Waals surface area contributed by atoms with E-state index in [-0.39, 0.29) is 42.2 Å². The molecule has 0 bridgehead atoms. The second kappa shape index (κ2) is 8.93. The summed E-state index contributed by atoms with van der Waals surface area (Å²) in [7, 11) is -3.73. The molecule has 9 heteroatoms. The number of amides is 1. The number of hydrogen-bond acceptors (Lipinski definition) is 4. The molecular formula is C12H19ClFN3O3S. The van der Waals surface area contributed by atoms with Gasteiger partial charge in [-0.25, -0.2) is 17.5 Å². The standard InChI is InChI=1S/C12H18FN3O3S.ClH/c1-9(8-14)16-12(17)6-7-15-20(18,19)11-4-2-10(13)3-5-11;/h2-5,9,15H,6-8,14H2,1H3,(H,16,17);1H/t9-;/m0./s1. The monoisotopic (exact) mass is 339 g/mol. The highest BCUT2D eigenvalue weighted by Gasteiger charge is 2.14. The number of hydrogen-bond donors (Lipinski definition) is 3. The first-order valence-corrected chi connectivity index (χ1v) is 7.58. The van der Waals surface area contributed by atoms with Crippen LogP contribution >= 0.6 is 12.4 Å². The third-order valence-corrected chi connectivity index (χ3v) is 4.01. The number of carbonyl (C=O) groups is 1. The van der Waals surface area contributed by atoms with Crippen LogP contribution in [-0.2, 0) is 14.8 Å². The van der Waals surface area contributed by atoms with Crippen molar-refractivity contribution in [2.45, 2.75) is 24.3 Å². The number of rotatable bonds is 7. The molecule has 0 aliphatic carbocycles. The first kappa shape index (κ1) is 19.8. The van der Waals surface area contributed by atoms with Crippen LogP contribution in [0.2, 0.25) is 0 Å². The predicted octanol–water partition coefficient (Wildman–Crippen LogP) is 0.379. The minimum Gasteiger partial charge on any atom is -0.352 e. The third-order valence-electron chi connectivity index (χ3n) is 2.53. The van der Waals surface area contributed by atoms with Gasteiger partial charge in [-0.05, 0) is 31.2 Å². The number of benzene rings is 1. The van der Waals surface area contributed by atoms with E-state index in [1.54, 1.807) is 6.92 Å². The molecule has 0 aromatic heterocycles. The molecule has 0 radical (unpaired) electrons. The molecule has 0 saturated heterocycles. The molecule has 0 saturated carbocycles. The number of halogens is 2. The Hall–Kier alpha value is -1.22. The summed E-state index contributed by atoms with van der Waals surface area (Å²) in [5.74, 6) is -0.802. The summed E-state index contributed by atoms with van der Waals surface area (Å²) < 4.78 is 38.6. The lowest BCUT2D eigenvalue weighted by atomic mass is 10.3. The summed E-state index contributed by atoms with van der Waals surface area (Å²) in [5, 5.41) is 2.61. The van der Waals surface area contributed by atoms with Gasteiger partial charge >= 0.3 is 0 Å². The molecule has 0 spiro atoms. The van der Waals surface area contributed by atoms with Crippen molar-refractivity contribution in [3.63, 3.8) is 0 Å². The lowest BCUT2D eigenvalue weighted by Gasteiger charge is -2.11. The molecule has 1 aromatic carbocycles. The van der Waals surface area contributed by atoms with Crippen molar-refractivity contribution in [2.24, 2.45) is 5.73 Å². The molecule has 6 nitrogen and oxygen atoms in total. The summed E-state index contributed by atoms with van der Waals surface area (Å²) in [6.45, 7) is 2.02. The minimum absolute atomic E-state index is 0. The van der Waals surface area contributed by atoms with E-state index in [9.17, 15) is 17.6 Å². The van der Waals surface area contributed by atoms with E-state index in [1.165, 1.54) is 0 Å². The summed E-state index contributed by atoms with van der Waals surface area (Å²) >= 11 is 0. The predicted molar refractivity (Wildman–Crippen MR) is 80.1 cm³/mol. The summed E-state index contributed by atoms with van der Waals surface area (Å²) in [6, 6.07) is 4.29. The van der Waals surface area contributed by atoms with Gasteiger partial charge in [0, 0.05) is 25.6 Å². The number of sulfonamides is 1. The molecule has 1 atom stereocenters. The van der Waals surface area contributed by atoms with Crippen LogP contribution in [0.4, 0.5) is 4.39 Å². The zero-order chi connectivity index (χ0) is 15.2. The zero-order valence-corrected chi connectivity index (χ0v) is 13.1. The smallest absolute Gasteiger partial charge is 0.240 e. The van der Waals surface area contributed by atoms with Crippen LogP contribution in [0.25, 0.3) is 0 Å². The second-order valence-corrected chi connectivity index (χ2v) is 6.07. The van der Waals surface area contributed by atoms with Gasteiger partial charge in [0.25, 0.3) is 0 Å². The maximum Gasteiger partial charge on any atom is 0.240 e. The molecule has 21 heavy (non-hydrogen) atoms. The van der Waals surface area contributed by atoms with Gasteiger partial charge in [-0.15, -0.1) is 12.4 Å². The maximum atomic E-state index is 12.7. The van der Waals surface area contributed by atoms with Gasteiger partial charge in [-0.2, -0.15) is 0 Å². The average Bonchev–Trinajstić information content (AvgIpc) is 2.38. The van der Waals surface area contributed by atoms with Gasteiger partial charge < -0.3 is 11.1 Å². The Morgan fingerprint density at radius 2 is 1.90 bits per heavy atom. The van der Waals surface area contributed by atoms with E-state index in [1.807, 2.05) is 0 Å².